The Morgan fingerprint density at radius 3 is 1.97 bits per heavy atom. The van der Waals surface area contributed by atoms with E-state index >= 15 is 0 Å². The lowest BCUT2D eigenvalue weighted by Crippen LogP contribution is -2.49. The van der Waals surface area contributed by atoms with Crippen LogP contribution in [-0.4, -0.2) is 35.5 Å². The van der Waals surface area contributed by atoms with Crippen molar-refractivity contribution in [1.82, 2.24) is 4.90 Å². The zero-order valence-electron chi connectivity index (χ0n) is 16.5. The summed E-state index contributed by atoms with van der Waals surface area (Å²) < 4.78 is 40.1. The molecular weight excluding hydrogens is 397 g/mol. The van der Waals surface area contributed by atoms with E-state index in [0.29, 0.717) is 27.9 Å². The van der Waals surface area contributed by atoms with Gasteiger partial charge in [-0.2, -0.15) is 13.2 Å². The van der Waals surface area contributed by atoms with E-state index in [1.165, 1.54) is 12.1 Å². The van der Waals surface area contributed by atoms with E-state index < -0.39 is 42.4 Å². The van der Waals surface area contributed by atoms with Gasteiger partial charge in [0.05, 0.1) is 11.8 Å². The number of amides is 3. The molecule has 4 aliphatic carbocycles. The second-order valence-electron chi connectivity index (χ2n) is 8.98. The molecule has 2 bridgehead atoms. The van der Waals surface area contributed by atoms with Gasteiger partial charge < -0.3 is 0 Å². The zero-order chi connectivity index (χ0) is 21.5. The van der Waals surface area contributed by atoms with Crippen molar-refractivity contribution in [3.05, 3.63) is 41.5 Å². The van der Waals surface area contributed by atoms with Crippen molar-refractivity contribution in [2.24, 2.45) is 35.5 Å². The first-order valence-corrected chi connectivity index (χ1v) is 10.1. The van der Waals surface area contributed by atoms with Crippen LogP contribution in [0.2, 0.25) is 0 Å². The molecule has 1 heterocycles. The summed E-state index contributed by atoms with van der Waals surface area (Å²) in [6.45, 7) is 2.70. The van der Waals surface area contributed by atoms with Crippen molar-refractivity contribution in [3.8, 4) is 0 Å². The first-order valence-electron chi connectivity index (χ1n) is 10.1. The minimum atomic E-state index is -5.13. The highest BCUT2D eigenvalue weighted by Crippen LogP contribution is 2.65. The minimum Gasteiger partial charge on any atom is -0.286 e. The number of hydrogen-bond donors (Lipinski definition) is 0. The molecule has 0 radical (unpaired) electrons. The number of benzene rings is 1. The third kappa shape index (κ3) is 2.72. The summed E-state index contributed by atoms with van der Waals surface area (Å²) in [5.74, 6) is -3.31. The number of carbonyl (C=O) groups excluding carboxylic acids is 3. The number of likely N-dealkylation sites (tertiary alicyclic amines) is 1. The Balaban J connectivity index is 1.49. The highest BCUT2D eigenvalue weighted by molar-refractivity contribution is 6.07. The molecule has 8 heteroatoms. The molecule has 2 saturated carbocycles. The number of nitrogens with zero attached hydrogens (tertiary/aromatic N) is 2. The molecular formula is C22H21F3N2O3. The fourth-order valence-electron chi connectivity index (χ4n) is 5.82. The molecule has 3 fully saturated rings. The molecule has 5 aliphatic rings. The second kappa shape index (κ2) is 6.18. The Kier molecular flexibility index (Phi) is 3.98. The highest BCUT2D eigenvalue weighted by Gasteiger charge is 2.67. The molecule has 1 aliphatic heterocycles. The first-order chi connectivity index (χ1) is 14.1. The van der Waals surface area contributed by atoms with Gasteiger partial charge in [0.1, 0.15) is 6.67 Å². The molecule has 6 rings (SSSR count). The fourth-order valence-corrected chi connectivity index (χ4v) is 5.82. The maximum absolute atomic E-state index is 13.4. The van der Waals surface area contributed by atoms with Crippen LogP contribution in [-0.2, 0) is 14.4 Å². The molecule has 6 atom stereocenters. The number of halogens is 3. The Morgan fingerprint density at radius 2 is 1.50 bits per heavy atom. The van der Waals surface area contributed by atoms with Crippen molar-refractivity contribution in [1.29, 1.82) is 0 Å². The molecule has 0 aromatic heterocycles. The molecule has 1 aromatic carbocycles. The molecule has 0 spiro atoms. The summed E-state index contributed by atoms with van der Waals surface area (Å²) in [6.07, 6.45) is -0.135. The van der Waals surface area contributed by atoms with Gasteiger partial charge in [0.2, 0.25) is 11.8 Å². The molecule has 158 valence electrons. The lowest BCUT2D eigenvalue weighted by atomic mass is 9.63. The van der Waals surface area contributed by atoms with Crippen molar-refractivity contribution < 1.29 is 27.6 Å². The van der Waals surface area contributed by atoms with Gasteiger partial charge in [-0.3, -0.25) is 24.2 Å². The largest absolute Gasteiger partial charge is 0.471 e. The second-order valence-corrected chi connectivity index (χ2v) is 8.98. The lowest BCUT2D eigenvalue weighted by molar-refractivity contribution is -0.171. The van der Waals surface area contributed by atoms with Gasteiger partial charge in [-0.1, -0.05) is 18.2 Å². The third-order valence-electron chi connectivity index (χ3n) is 7.04. The molecule has 1 aromatic rings. The fraction of sp³-hybridized carbons (Fsp3) is 0.500. The number of alkyl halides is 3. The van der Waals surface area contributed by atoms with Crippen LogP contribution < -0.4 is 4.90 Å². The molecule has 30 heavy (non-hydrogen) atoms. The van der Waals surface area contributed by atoms with Gasteiger partial charge in [0.25, 0.3) is 0 Å². The minimum absolute atomic E-state index is 0.0224. The maximum atomic E-state index is 13.4. The van der Waals surface area contributed by atoms with Crippen molar-refractivity contribution in [2.45, 2.75) is 26.4 Å². The van der Waals surface area contributed by atoms with Crippen LogP contribution in [0.1, 0.15) is 17.5 Å². The number of imide groups is 1. The van der Waals surface area contributed by atoms with E-state index in [4.69, 9.17) is 0 Å². The number of allylic oxidation sites excluding steroid dienone is 2. The molecule has 3 amide bonds. The van der Waals surface area contributed by atoms with Gasteiger partial charge in [-0.25, -0.2) is 0 Å². The first kappa shape index (κ1) is 19.3. The highest BCUT2D eigenvalue weighted by atomic mass is 19.4. The van der Waals surface area contributed by atoms with Crippen molar-refractivity contribution in [2.75, 3.05) is 11.6 Å². The Bertz CT molecular complexity index is 946. The summed E-state index contributed by atoms with van der Waals surface area (Å²) in [5.41, 5.74) is 1.38. The summed E-state index contributed by atoms with van der Waals surface area (Å²) in [5, 5.41) is 0. The average molecular weight is 418 g/mol. The summed E-state index contributed by atoms with van der Waals surface area (Å²) in [7, 11) is 0. The molecule has 1 saturated heterocycles. The number of carbonyl (C=O) groups is 3. The quantitative estimate of drug-likeness (QED) is 0.560. The van der Waals surface area contributed by atoms with Crippen LogP contribution in [0.4, 0.5) is 18.9 Å². The maximum Gasteiger partial charge on any atom is 0.471 e. The number of rotatable bonds is 3. The summed E-state index contributed by atoms with van der Waals surface area (Å²) >= 11 is 0. The van der Waals surface area contributed by atoms with Crippen LogP contribution in [0.5, 0.6) is 0 Å². The van der Waals surface area contributed by atoms with Crippen molar-refractivity contribution >= 4 is 23.4 Å². The van der Waals surface area contributed by atoms with Crippen LogP contribution in [0.25, 0.3) is 0 Å². The topological polar surface area (TPSA) is 57.7 Å². The zero-order valence-corrected chi connectivity index (χ0v) is 16.5. The number of anilines is 1. The molecule has 6 unspecified atom stereocenters. The normalized spacial score (nSPS) is 33.6. The van der Waals surface area contributed by atoms with Crippen LogP contribution >= 0.6 is 0 Å². The van der Waals surface area contributed by atoms with E-state index in [1.54, 1.807) is 19.9 Å². The van der Waals surface area contributed by atoms with Gasteiger partial charge >= 0.3 is 12.1 Å². The van der Waals surface area contributed by atoms with Gasteiger partial charge in [0, 0.05) is 5.69 Å². The van der Waals surface area contributed by atoms with Gasteiger partial charge in [0.15, 0.2) is 0 Å². The van der Waals surface area contributed by atoms with Crippen LogP contribution in [0.3, 0.4) is 0 Å². The standard InChI is InChI=1S/C22H21F3N2O3/c1-10-5-11(2)7-12(6-10)26(21(30)22(23,24)25)9-27-19(28)17-13-3-4-14(16-8-15(13)16)18(17)20(27)29/h3-7,13-18H,8-9H2,1-2H3. The van der Waals surface area contributed by atoms with E-state index in [2.05, 4.69) is 0 Å². The Hall–Kier alpha value is -2.64. The van der Waals surface area contributed by atoms with E-state index in [1.807, 2.05) is 12.2 Å². The summed E-state index contributed by atoms with van der Waals surface area (Å²) in [4.78, 5) is 39.9. The van der Waals surface area contributed by atoms with Gasteiger partial charge in [-0.05, 0) is 67.2 Å². The van der Waals surface area contributed by atoms with Crippen molar-refractivity contribution in [3.63, 3.8) is 0 Å². The Labute approximate surface area is 171 Å². The SMILES string of the molecule is Cc1cc(C)cc(N(CN2C(=O)C3C4C=CC(C5CC45)C3C2=O)C(=O)C(F)(F)F)c1. The molecule has 0 N–H and O–H groups in total. The van der Waals surface area contributed by atoms with Crippen LogP contribution in [0, 0.1) is 49.4 Å². The lowest BCUT2D eigenvalue weighted by Gasteiger charge is -2.37. The van der Waals surface area contributed by atoms with E-state index in [9.17, 15) is 27.6 Å². The predicted octanol–water partition coefficient (Wildman–Crippen LogP) is 3.21. The summed E-state index contributed by atoms with van der Waals surface area (Å²) in [6, 6.07) is 4.68. The number of aryl methyl sites for hydroxylation is 2. The number of hydrogen-bond acceptors (Lipinski definition) is 3. The smallest absolute Gasteiger partial charge is 0.286 e. The van der Waals surface area contributed by atoms with Gasteiger partial charge in [-0.15, -0.1) is 0 Å². The third-order valence-corrected chi connectivity index (χ3v) is 7.04. The molecule has 5 nitrogen and oxygen atoms in total. The monoisotopic (exact) mass is 418 g/mol. The van der Waals surface area contributed by atoms with Crippen LogP contribution in [0.15, 0.2) is 30.4 Å². The predicted molar refractivity (Wildman–Crippen MR) is 101 cm³/mol. The van der Waals surface area contributed by atoms with E-state index in [0.717, 1.165) is 11.3 Å². The van der Waals surface area contributed by atoms with E-state index in [-0.39, 0.29) is 17.5 Å². The Morgan fingerprint density at radius 1 is 1.00 bits per heavy atom. The average Bonchev–Trinajstić information content (AvgIpc) is 3.44.